The fourth-order valence-corrected chi connectivity index (χ4v) is 2.50. The van der Waals surface area contributed by atoms with Gasteiger partial charge in [-0.15, -0.1) is 15.3 Å². The van der Waals surface area contributed by atoms with Crippen LogP contribution in [0.5, 0.6) is 0 Å². The lowest BCUT2D eigenvalue weighted by atomic mass is 10.4. The van der Waals surface area contributed by atoms with Gasteiger partial charge in [0.1, 0.15) is 0 Å². The Kier molecular flexibility index (Phi) is 3.74. The Bertz CT molecular complexity index is 856. The van der Waals surface area contributed by atoms with Crippen molar-refractivity contribution in [1.29, 1.82) is 0 Å². The second-order valence-electron chi connectivity index (χ2n) is 4.07. The van der Waals surface area contributed by atoms with Crippen LogP contribution in [-0.4, -0.2) is 37.7 Å². The predicted molar refractivity (Wildman–Crippen MR) is 80.5 cm³/mol. The van der Waals surface area contributed by atoms with Gasteiger partial charge in [0.15, 0.2) is 23.7 Å². The minimum absolute atomic E-state index is 0.0391. The van der Waals surface area contributed by atoms with Gasteiger partial charge >= 0.3 is 5.00 Å². The number of aromatic nitrogens is 4. The molecule has 0 spiro atoms. The topological polar surface area (TPSA) is 108 Å². The van der Waals surface area contributed by atoms with E-state index in [4.69, 9.17) is 4.74 Å². The normalized spacial score (nSPS) is 11.3. The Morgan fingerprint density at radius 3 is 3.00 bits per heavy atom. The first-order chi connectivity index (χ1) is 10.7. The molecule has 3 aromatic rings. The van der Waals surface area contributed by atoms with Crippen molar-refractivity contribution in [2.75, 3.05) is 6.61 Å². The third-order valence-corrected chi connectivity index (χ3v) is 3.70. The van der Waals surface area contributed by atoms with E-state index in [0.29, 0.717) is 28.8 Å². The molecule has 3 heterocycles. The third kappa shape index (κ3) is 2.63. The van der Waals surface area contributed by atoms with E-state index in [1.54, 1.807) is 18.2 Å². The molecule has 3 aromatic heterocycles. The van der Waals surface area contributed by atoms with Crippen molar-refractivity contribution in [2.24, 2.45) is 4.99 Å². The van der Waals surface area contributed by atoms with E-state index in [1.165, 1.54) is 17.0 Å². The summed E-state index contributed by atoms with van der Waals surface area (Å²) in [5.41, 5.74) is 0.529. The van der Waals surface area contributed by atoms with Crippen LogP contribution in [0.3, 0.4) is 0 Å². The molecule has 0 N–H and O–H groups in total. The number of nitro groups is 1. The summed E-state index contributed by atoms with van der Waals surface area (Å²) in [5, 5.41) is 23.1. The molecular weight excluding hydrogens is 308 g/mol. The van der Waals surface area contributed by atoms with Crippen molar-refractivity contribution in [1.82, 2.24) is 19.8 Å². The lowest BCUT2D eigenvalue weighted by Gasteiger charge is -1.97. The van der Waals surface area contributed by atoms with Crippen LogP contribution in [0.2, 0.25) is 0 Å². The summed E-state index contributed by atoms with van der Waals surface area (Å²) in [6.07, 6.45) is 1.31. The number of nitrogens with zero attached hydrogens (tertiary/aromatic N) is 6. The number of hydrogen-bond donors (Lipinski definition) is 0. The first-order valence-electron chi connectivity index (χ1n) is 6.30. The Morgan fingerprint density at radius 1 is 1.41 bits per heavy atom. The van der Waals surface area contributed by atoms with Crippen molar-refractivity contribution in [2.45, 2.75) is 6.92 Å². The highest BCUT2D eigenvalue weighted by Crippen LogP contribution is 2.31. The highest BCUT2D eigenvalue weighted by atomic mass is 32.1. The molecule has 0 fully saturated rings. The van der Waals surface area contributed by atoms with E-state index < -0.39 is 4.92 Å². The van der Waals surface area contributed by atoms with E-state index >= 15 is 0 Å². The molecule has 0 aliphatic carbocycles. The summed E-state index contributed by atoms with van der Waals surface area (Å²) in [7, 11) is 0. The van der Waals surface area contributed by atoms with Gasteiger partial charge in [0.2, 0.25) is 0 Å². The number of fused-ring (bicyclic) bond motifs is 1. The van der Waals surface area contributed by atoms with Gasteiger partial charge in [0.25, 0.3) is 0 Å². The first-order valence-corrected chi connectivity index (χ1v) is 7.12. The fourth-order valence-electron chi connectivity index (χ4n) is 1.71. The SMILES string of the molecule is CCOC=Nc1ccc2nnc(-c3ccc([N+](=O)[O-])s3)n2n1. The molecule has 9 nitrogen and oxygen atoms in total. The zero-order chi connectivity index (χ0) is 15.5. The lowest BCUT2D eigenvalue weighted by molar-refractivity contribution is -0.380. The molecule has 3 rings (SSSR count). The van der Waals surface area contributed by atoms with Crippen LogP contribution >= 0.6 is 11.3 Å². The third-order valence-electron chi connectivity index (χ3n) is 2.67. The standard InChI is InChI=1S/C12H10N6O3S/c1-2-21-7-13-9-4-5-10-14-15-12(17(10)16-9)8-3-6-11(22-8)18(19)20/h3-7H,2H2,1H3. The summed E-state index contributed by atoms with van der Waals surface area (Å²) in [6, 6.07) is 6.44. The summed E-state index contributed by atoms with van der Waals surface area (Å²) < 4.78 is 6.52. The number of aliphatic imine (C=N–C) groups is 1. The van der Waals surface area contributed by atoms with Gasteiger partial charge in [-0.2, -0.15) is 9.51 Å². The Hall–Kier alpha value is -2.88. The molecule has 0 aliphatic heterocycles. The van der Waals surface area contributed by atoms with Crippen LogP contribution < -0.4 is 0 Å². The molecule has 0 atom stereocenters. The monoisotopic (exact) mass is 318 g/mol. The first kappa shape index (κ1) is 14.1. The second kappa shape index (κ2) is 5.85. The maximum absolute atomic E-state index is 10.8. The Labute approximate surface area is 128 Å². The minimum atomic E-state index is -0.442. The highest BCUT2D eigenvalue weighted by molar-refractivity contribution is 7.18. The van der Waals surface area contributed by atoms with E-state index in [1.807, 2.05) is 6.92 Å². The van der Waals surface area contributed by atoms with Crippen molar-refractivity contribution in [3.8, 4) is 10.7 Å². The van der Waals surface area contributed by atoms with Crippen LogP contribution in [-0.2, 0) is 4.74 Å². The van der Waals surface area contributed by atoms with Gasteiger partial charge in [-0.05, 0) is 25.1 Å². The van der Waals surface area contributed by atoms with Gasteiger partial charge < -0.3 is 4.74 Å². The van der Waals surface area contributed by atoms with Crippen molar-refractivity contribution in [3.05, 3.63) is 34.4 Å². The molecule has 112 valence electrons. The van der Waals surface area contributed by atoms with E-state index in [-0.39, 0.29) is 5.00 Å². The predicted octanol–water partition coefficient (Wildman–Crippen LogP) is 2.46. The summed E-state index contributed by atoms with van der Waals surface area (Å²) in [5.74, 6) is 0.856. The molecular formula is C12H10N6O3S. The zero-order valence-corrected chi connectivity index (χ0v) is 12.2. The number of thiophene rings is 1. The van der Waals surface area contributed by atoms with E-state index in [0.717, 1.165) is 11.3 Å². The van der Waals surface area contributed by atoms with E-state index in [9.17, 15) is 10.1 Å². The van der Waals surface area contributed by atoms with Crippen LogP contribution in [0.1, 0.15) is 6.92 Å². The zero-order valence-electron chi connectivity index (χ0n) is 11.4. The van der Waals surface area contributed by atoms with Crippen molar-refractivity contribution >= 4 is 34.2 Å². The summed E-state index contributed by atoms with van der Waals surface area (Å²) in [6.45, 7) is 2.37. The van der Waals surface area contributed by atoms with E-state index in [2.05, 4.69) is 20.3 Å². The van der Waals surface area contributed by atoms with Gasteiger partial charge in [-0.25, -0.2) is 0 Å². The molecule has 0 aliphatic rings. The number of hydrogen-bond acceptors (Lipinski definition) is 8. The van der Waals surface area contributed by atoms with Crippen LogP contribution in [0, 0.1) is 10.1 Å². The minimum Gasteiger partial charge on any atom is -0.483 e. The molecule has 22 heavy (non-hydrogen) atoms. The van der Waals surface area contributed by atoms with Crippen molar-refractivity contribution < 1.29 is 9.66 Å². The molecule has 0 saturated carbocycles. The van der Waals surface area contributed by atoms with Gasteiger partial charge in [-0.1, -0.05) is 11.3 Å². The molecule has 0 radical (unpaired) electrons. The number of ether oxygens (including phenoxy) is 1. The van der Waals surface area contributed by atoms with Crippen LogP contribution in [0.25, 0.3) is 16.3 Å². The highest BCUT2D eigenvalue weighted by Gasteiger charge is 2.16. The smallest absolute Gasteiger partial charge is 0.324 e. The largest absolute Gasteiger partial charge is 0.483 e. The number of rotatable bonds is 5. The molecule has 10 heteroatoms. The Morgan fingerprint density at radius 2 is 2.27 bits per heavy atom. The molecule has 0 bridgehead atoms. The summed E-state index contributed by atoms with van der Waals surface area (Å²) in [4.78, 5) is 15.0. The van der Waals surface area contributed by atoms with Crippen LogP contribution in [0.4, 0.5) is 10.8 Å². The molecule has 0 aromatic carbocycles. The maximum atomic E-state index is 10.8. The summed E-state index contributed by atoms with van der Waals surface area (Å²) >= 11 is 1.02. The molecule has 0 unspecified atom stereocenters. The maximum Gasteiger partial charge on any atom is 0.324 e. The Balaban J connectivity index is 2.02. The van der Waals surface area contributed by atoms with Crippen LogP contribution in [0.15, 0.2) is 29.3 Å². The van der Waals surface area contributed by atoms with Gasteiger partial charge in [0, 0.05) is 6.07 Å². The lowest BCUT2D eigenvalue weighted by Crippen LogP contribution is -1.94. The average molecular weight is 318 g/mol. The molecule has 0 amide bonds. The quantitative estimate of drug-likeness (QED) is 0.309. The molecule has 0 saturated heterocycles. The van der Waals surface area contributed by atoms with Gasteiger partial charge in [0.05, 0.1) is 16.4 Å². The van der Waals surface area contributed by atoms with Gasteiger partial charge in [-0.3, -0.25) is 10.1 Å². The van der Waals surface area contributed by atoms with Crippen molar-refractivity contribution in [3.63, 3.8) is 0 Å². The average Bonchev–Trinajstić information content (AvgIpc) is 3.13. The second-order valence-corrected chi connectivity index (χ2v) is 5.13. The fraction of sp³-hybridized carbons (Fsp3) is 0.167.